The summed E-state index contributed by atoms with van der Waals surface area (Å²) in [6.45, 7) is 5.04. The molecule has 2 heterocycles. The van der Waals surface area contributed by atoms with E-state index < -0.39 is 0 Å². The highest BCUT2D eigenvalue weighted by molar-refractivity contribution is 9.10. The molecule has 0 aliphatic carbocycles. The quantitative estimate of drug-likeness (QED) is 0.666. The number of carbonyl (C=O) groups is 1. The number of nitrogens with one attached hydrogen (secondary N) is 1. The van der Waals surface area contributed by atoms with Crippen LogP contribution in [-0.4, -0.2) is 31.8 Å². The third-order valence-corrected chi connectivity index (χ3v) is 4.56. The van der Waals surface area contributed by atoms with Gasteiger partial charge in [-0.2, -0.15) is 5.10 Å². The third kappa shape index (κ3) is 4.01. The van der Waals surface area contributed by atoms with Crippen LogP contribution in [0.5, 0.6) is 0 Å². The highest BCUT2D eigenvalue weighted by Crippen LogP contribution is 2.12. The molecule has 0 atom stereocenters. The van der Waals surface area contributed by atoms with Crippen LogP contribution in [0.1, 0.15) is 19.4 Å². The molecule has 26 heavy (non-hydrogen) atoms. The molecule has 0 unspecified atom stereocenters. The normalized spacial score (nSPS) is 11.2. The summed E-state index contributed by atoms with van der Waals surface area (Å²) in [5.74, 6) is -0.0698. The minimum Gasteiger partial charge on any atom is -0.354 e. The van der Waals surface area contributed by atoms with Gasteiger partial charge in [0.15, 0.2) is 5.65 Å². The second-order valence-corrected chi connectivity index (χ2v) is 7.27. The molecule has 0 aliphatic rings. The summed E-state index contributed by atoms with van der Waals surface area (Å²) in [6, 6.07) is 7.80. The lowest BCUT2D eigenvalue weighted by Crippen LogP contribution is -2.31. The maximum atomic E-state index is 12.7. The van der Waals surface area contributed by atoms with Gasteiger partial charge in [-0.25, -0.2) is 9.67 Å². The van der Waals surface area contributed by atoms with Gasteiger partial charge in [-0.3, -0.25) is 14.2 Å². The van der Waals surface area contributed by atoms with Crippen LogP contribution in [0.2, 0.25) is 0 Å². The Kier molecular flexibility index (Phi) is 5.51. The fourth-order valence-electron chi connectivity index (χ4n) is 2.55. The molecule has 0 aliphatic heterocycles. The number of amides is 1. The van der Waals surface area contributed by atoms with E-state index in [-0.39, 0.29) is 17.4 Å². The average Bonchev–Trinajstić information content (AvgIpc) is 3.03. The number of aromatic nitrogens is 4. The number of carbonyl (C=O) groups excluding carboxylic acids is 1. The zero-order chi connectivity index (χ0) is 18.7. The highest BCUT2D eigenvalue weighted by atomic mass is 79.9. The Hall–Kier alpha value is -2.48. The van der Waals surface area contributed by atoms with E-state index in [1.807, 2.05) is 38.1 Å². The number of nitrogens with zero attached hydrogens (tertiary/aromatic N) is 4. The first-order valence-corrected chi connectivity index (χ1v) is 9.18. The maximum absolute atomic E-state index is 12.7. The Morgan fingerprint density at radius 2 is 2.00 bits per heavy atom. The van der Waals surface area contributed by atoms with E-state index >= 15 is 0 Å². The molecule has 1 amide bonds. The minimum atomic E-state index is -0.129. The van der Waals surface area contributed by atoms with E-state index in [2.05, 4.69) is 31.3 Å². The first-order chi connectivity index (χ1) is 12.5. The van der Waals surface area contributed by atoms with Crippen molar-refractivity contribution in [3.05, 3.63) is 57.2 Å². The van der Waals surface area contributed by atoms with Gasteiger partial charge in [-0.05, 0) is 17.7 Å². The SMILES string of the molecule is CC(C)C(=O)NCCn1ncc2c(=O)n(Cc3ccc(Br)cc3)cnc21. The lowest BCUT2D eigenvalue weighted by atomic mass is 10.2. The van der Waals surface area contributed by atoms with Gasteiger partial charge in [0, 0.05) is 16.9 Å². The Morgan fingerprint density at radius 1 is 1.27 bits per heavy atom. The predicted molar refractivity (Wildman–Crippen MR) is 103 cm³/mol. The van der Waals surface area contributed by atoms with Crippen molar-refractivity contribution in [1.82, 2.24) is 24.6 Å². The molecule has 1 aromatic carbocycles. The molecule has 1 N–H and O–H groups in total. The number of benzene rings is 1. The van der Waals surface area contributed by atoms with Crippen molar-refractivity contribution in [3.63, 3.8) is 0 Å². The topological polar surface area (TPSA) is 81.8 Å². The van der Waals surface area contributed by atoms with Gasteiger partial charge in [-0.15, -0.1) is 0 Å². The number of fused-ring (bicyclic) bond motifs is 1. The van der Waals surface area contributed by atoms with Gasteiger partial charge in [0.05, 0.1) is 19.3 Å². The Labute approximate surface area is 159 Å². The lowest BCUT2D eigenvalue weighted by Gasteiger charge is -2.08. The highest BCUT2D eigenvalue weighted by Gasteiger charge is 2.11. The maximum Gasteiger partial charge on any atom is 0.264 e. The zero-order valence-electron chi connectivity index (χ0n) is 14.6. The summed E-state index contributed by atoms with van der Waals surface area (Å²) in [7, 11) is 0. The van der Waals surface area contributed by atoms with Crippen molar-refractivity contribution in [2.45, 2.75) is 26.9 Å². The second-order valence-electron chi connectivity index (χ2n) is 6.35. The van der Waals surface area contributed by atoms with E-state index in [9.17, 15) is 9.59 Å². The van der Waals surface area contributed by atoms with Crippen LogP contribution in [0.3, 0.4) is 0 Å². The lowest BCUT2D eigenvalue weighted by molar-refractivity contribution is -0.124. The summed E-state index contributed by atoms with van der Waals surface area (Å²) >= 11 is 3.40. The van der Waals surface area contributed by atoms with Gasteiger partial charge >= 0.3 is 0 Å². The number of hydrogen-bond acceptors (Lipinski definition) is 4. The summed E-state index contributed by atoms with van der Waals surface area (Å²) in [6.07, 6.45) is 3.07. The van der Waals surface area contributed by atoms with E-state index in [1.54, 1.807) is 9.25 Å². The Balaban J connectivity index is 1.77. The molecular weight excluding hydrogens is 398 g/mol. The van der Waals surface area contributed by atoms with Crippen LogP contribution in [0.4, 0.5) is 0 Å². The molecule has 0 fully saturated rings. The molecule has 0 saturated heterocycles. The summed E-state index contributed by atoms with van der Waals surface area (Å²) in [5.41, 5.74) is 1.41. The Bertz CT molecular complexity index is 975. The van der Waals surface area contributed by atoms with Gasteiger partial charge in [0.2, 0.25) is 5.91 Å². The second kappa shape index (κ2) is 7.82. The number of rotatable bonds is 6. The van der Waals surface area contributed by atoms with E-state index in [4.69, 9.17) is 0 Å². The molecule has 136 valence electrons. The summed E-state index contributed by atoms with van der Waals surface area (Å²) in [4.78, 5) is 28.7. The van der Waals surface area contributed by atoms with Crippen molar-refractivity contribution in [2.75, 3.05) is 6.54 Å². The summed E-state index contributed by atoms with van der Waals surface area (Å²) in [5, 5.41) is 7.55. The molecular formula is C18H20BrN5O2. The van der Waals surface area contributed by atoms with Gasteiger partial charge < -0.3 is 5.32 Å². The molecule has 0 spiro atoms. The minimum absolute atomic E-state index is 0.00808. The molecule has 0 saturated carbocycles. The molecule has 0 bridgehead atoms. The van der Waals surface area contributed by atoms with Crippen LogP contribution in [0.25, 0.3) is 11.0 Å². The van der Waals surface area contributed by atoms with Crippen LogP contribution in [0.15, 0.2) is 46.1 Å². The molecule has 7 nitrogen and oxygen atoms in total. The van der Waals surface area contributed by atoms with Gasteiger partial charge in [-0.1, -0.05) is 41.9 Å². The fraction of sp³-hybridized carbons (Fsp3) is 0.333. The van der Waals surface area contributed by atoms with Crippen molar-refractivity contribution in [1.29, 1.82) is 0 Å². The van der Waals surface area contributed by atoms with Crippen molar-refractivity contribution < 1.29 is 4.79 Å². The van der Waals surface area contributed by atoms with Crippen LogP contribution in [-0.2, 0) is 17.9 Å². The predicted octanol–water partition coefficient (Wildman–Crippen LogP) is 2.18. The van der Waals surface area contributed by atoms with Crippen LogP contribution >= 0.6 is 15.9 Å². The number of halogens is 1. The van der Waals surface area contributed by atoms with Gasteiger partial charge in [0.1, 0.15) is 11.7 Å². The van der Waals surface area contributed by atoms with Gasteiger partial charge in [0.25, 0.3) is 5.56 Å². The van der Waals surface area contributed by atoms with Crippen LogP contribution in [0, 0.1) is 5.92 Å². The zero-order valence-corrected chi connectivity index (χ0v) is 16.2. The van der Waals surface area contributed by atoms with Crippen molar-refractivity contribution in [2.24, 2.45) is 5.92 Å². The smallest absolute Gasteiger partial charge is 0.264 e. The van der Waals surface area contributed by atoms with E-state index in [0.29, 0.717) is 30.7 Å². The molecule has 2 aromatic heterocycles. The third-order valence-electron chi connectivity index (χ3n) is 4.04. The first-order valence-electron chi connectivity index (χ1n) is 8.39. The van der Waals surface area contributed by atoms with Crippen molar-refractivity contribution >= 4 is 32.9 Å². The number of hydrogen-bond donors (Lipinski definition) is 1. The molecule has 0 radical (unpaired) electrons. The fourth-order valence-corrected chi connectivity index (χ4v) is 2.81. The molecule has 3 rings (SSSR count). The largest absolute Gasteiger partial charge is 0.354 e. The van der Waals surface area contributed by atoms with Crippen molar-refractivity contribution in [3.8, 4) is 0 Å². The van der Waals surface area contributed by atoms with Crippen LogP contribution < -0.4 is 10.9 Å². The molecule has 3 aromatic rings. The van der Waals surface area contributed by atoms with E-state index in [1.165, 1.54) is 12.5 Å². The van der Waals surface area contributed by atoms with E-state index in [0.717, 1.165) is 10.0 Å². The first kappa shape index (κ1) is 18.3. The standard InChI is InChI=1S/C18H20BrN5O2/c1-12(2)17(25)20-7-8-24-16-15(9-22-24)18(26)23(11-21-16)10-13-3-5-14(19)6-4-13/h3-6,9,11-12H,7-8,10H2,1-2H3,(H,20,25). The monoisotopic (exact) mass is 417 g/mol. The Morgan fingerprint density at radius 3 is 2.69 bits per heavy atom. The average molecular weight is 418 g/mol. The summed E-state index contributed by atoms with van der Waals surface area (Å²) < 4.78 is 4.20. The molecule has 8 heteroatoms.